The van der Waals surface area contributed by atoms with Crippen molar-refractivity contribution in [1.29, 1.82) is 0 Å². The fourth-order valence-electron chi connectivity index (χ4n) is 2.16. The van der Waals surface area contributed by atoms with E-state index in [0.717, 1.165) is 17.3 Å². The topological polar surface area (TPSA) is 37.4 Å². The van der Waals surface area contributed by atoms with Gasteiger partial charge >= 0.3 is 0 Å². The van der Waals surface area contributed by atoms with E-state index in [1.165, 1.54) is 11.0 Å². The van der Waals surface area contributed by atoms with Gasteiger partial charge in [0, 0.05) is 0 Å². The molecule has 0 radical (unpaired) electrons. The van der Waals surface area contributed by atoms with Crippen molar-refractivity contribution in [1.82, 2.24) is 4.90 Å². The van der Waals surface area contributed by atoms with Crippen LogP contribution >= 0.6 is 27.7 Å². The van der Waals surface area contributed by atoms with Gasteiger partial charge in [0.1, 0.15) is 5.82 Å². The Balaban J connectivity index is 1.83. The van der Waals surface area contributed by atoms with Gasteiger partial charge in [-0.15, -0.1) is 0 Å². The number of thioether (sulfide) groups is 1. The second-order valence-electron chi connectivity index (χ2n) is 4.93. The normalized spacial score (nSPS) is 16.4. The second-order valence-corrected chi connectivity index (χ2v) is 6.77. The lowest BCUT2D eigenvalue weighted by molar-refractivity contribution is -0.123. The van der Waals surface area contributed by atoms with Gasteiger partial charge in [-0.05, 0) is 57.0 Å². The molecule has 6 heteroatoms. The van der Waals surface area contributed by atoms with Crippen molar-refractivity contribution in [2.45, 2.75) is 6.54 Å². The first-order chi connectivity index (χ1) is 11.0. The van der Waals surface area contributed by atoms with Crippen LogP contribution in [-0.4, -0.2) is 16.0 Å². The molecule has 1 aliphatic heterocycles. The summed E-state index contributed by atoms with van der Waals surface area (Å²) in [6, 6.07) is 13.8. The molecular formula is C17H11BrFNO2S. The molecule has 0 atom stereocenters. The Hall–Kier alpha value is -1.92. The molecule has 23 heavy (non-hydrogen) atoms. The van der Waals surface area contributed by atoms with Crippen LogP contribution in [0, 0.1) is 5.82 Å². The van der Waals surface area contributed by atoms with E-state index in [4.69, 9.17) is 0 Å². The van der Waals surface area contributed by atoms with Crippen LogP contribution in [0.4, 0.5) is 9.18 Å². The molecule has 2 amide bonds. The molecule has 0 aromatic heterocycles. The maximum absolute atomic E-state index is 13.3. The molecule has 2 aromatic carbocycles. The van der Waals surface area contributed by atoms with Crippen LogP contribution in [0.15, 0.2) is 57.9 Å². The number of rotatable bonds is 3. The van der Waals surface area contributed by atoms with E-state index in [9.17, 15) is 14.0 Å². The molecule has 116 valence electrons. The number of nitrogens with zero attached hydrogens (tertiary/aromatic N) is 1. The van der Waals surface area contributed by atoms with Crippen LogP contribution in [0.1, 0.15) is 11.1 Å². The third kappa shape index (κ3) is 3.54. The Morgan fingerprint density at radius 1 is 1.13 bits per heavy atom. The number of hydrogen-bond donors (Lipinski definition) is 0. The average Bonchev–Trinajstić information content (AvgIpc) is 2.80. The first-order valence-electron chi connectivity index (χ1n) is 6.79. The van der Waals surface area contributed by atoms with Crippen molar-refractivity contribution in [3.63, 3.8) is 0 Å². The highest BCUT2D eigenvalue weighted by Gasteiger charge is 2.34. The largest absolute Gasteiger partial charge is 0.293 e. The molecule has 1 fully saturated rings. The van der Waals surface area contributed by atoms with Crippen LogP contribution in [0.3, 0.4) is 0 Å². The molecule has 1 aliphatic rings. The molecule has 2 aromatic rings. The molecule has 3 rings (SSSR count). The van der Waals surface area contributed by atoms with Gasteiger partial charge in [0.15, 0.2) is 0 Å². The summed E-state index contributed by atoms with van der Waals surface area (Å²) in [6.45, 7) is 0.246. The summed E-state index contributed by atoms with van der Waals surface area (Å²) in [4.78, 5) is 26.0. The standard InChI is InChI=1S/C17H11BrFNO2S/c18-13-8-12(6-7-14(13)19)9-15-16(21)20(17(22)23-15)10-11-4-2-1-3-5-11/h1-9H,10H2/b15-9-. The number of carbonyl (C=O) groups is 2. The van der Waals surface area contributed by atoms with Crippen LogP contribution in [0.2, 0.25) is 0 Å². The quantitative estimate of drug-likeness (QED) is 0.703. The summed E-state index contributed by atoms with van der Waals surface area (Å²) < 4.78 is 13.6. The number of benzene rings is 2. The highest BCUT2D eigenvalue weighted by Crippen LogP contribution is 2.33. The van der Waals surface area contributed by atoms with Gasteiger partial charge < -0.3 is 0 Å². The lowest BCUT2D eigenvalue weighted by Gasteiger charge is -2.12. The van der Waals surface area contributed by atoms with Crippen molar-refractivity contribution < 1.29 is 14.0 Å². The van der Waals surface area contributed by atoms with Crippen molar-refractivity contribution in [2.75, 3.05) is 0 Å². The molecule has 0 bridgehead atoms. The Morgan fingerprint density at radius 3 is 2.57 bits per heavy atom. The Labute approximate surface area is 145 Å². The number of halogens is 2. The van der Waals surface area contributed by atoms with Crippen LogP contribution < -0.4 is 0 Å². The third-order valence-corrected chi connectivity index (χ3v) is 4.81. The van der Waals surface area contributed by atoms with Gasteiger partial charge in [-0.3, -0.25) is 14.5 Å². The van der Waals surface area contributed by atoms with E-state index in [0.29, 0.717) is 14.9 Å². The SMILES string of the molecule is O=C1S/C(=C\c2ccc(F)c(Br)c2)C(=O)N1Cc1ccccc1. The third-order valence-electron chi connectivity index (χ3n) is 3.30. The van der Waals surface area contributed by atoms with Crippen molar-refractivity contribution in [3.8, 4) is 0 Å². The number of amides is 2. The number of carbonyl (C=O) groups excluding carboxylic acids is 2. The minimum atomic E-state index is -0.376. The van der Waals surface area contributed by atoms with Crippen LogP contribution in [0.25, 0.3) is 6.08 Å². The molecule has 0 unspecified atom stereocenters. The van der Waals surface area contributed by atoms with E-state index in [-0.39, 0.29) is 23.5 Å². The van der Waals surface area contributed by atoms with E-state index < -0.39 is 0 Å². The molecule has 1 heterocycles. The van der Waals surface area contributed by atoms with Crippen LogP contribution in [-0.2, 0) is 11.3 Å². The fraction of sp³-hybridized carbons (Fsp3) is 0.0588. The summed E-state index contributed by atoms with van der Waals surface area (Å²) in [5, 5.41) is -0.300. The molecular weight excluding hydrogens is 381 g/mol. The first kappa shape index (κ1) is 16.0. The lowest BCUT2D eigenvalue weighted by Crippen LogP contribution is -2.27. The Morgan fingerprint density at radius 2 is 1.87 bits per heavy atom. The molecule has 3 nitrogen and oxygen atoms in total. The molecule has 0 saturated carbocycles. The van der Waals surface area contributed by atoms with Gasteiger partial charge in [0.2, 0.25) is 0 Å². The number of imide groups is 1. The van der Waals surface area contributed by atoms with E-state index in [1.54, 1.807) is 18.2 Å². The van der Waals surface area contributed by atoms with Gasteiger partial charge in [0.25, 0.3) is 11.1 Å². The average molecular weight is 392 g/mol. The van der Waals surface area contributed by atoms with Crippen molar-refractivity contribution in [3.05, 3.63) is 74.9 Å². The highest BCUT2D eigenvalue weighted by molar-refractivity contribution is 9.10. The Bertz CT molecular complexity index is 807. The van der Waals surface area contributed by atoms with Crippen molar-refractivity contribution >= 4 is 44.9 Å². The monoisotopic (exact) mass is 391 g/mol. The molecule has 1 saturated heterocycles. The first-order valence-corrected chi connectivity index (χ1v) is 8.40. The summed E-state index contributed by atoms with van der Waals surface area (Å²) in [6.07, 6.45) is 1.60. The molecule has 0 N–H and O–H groups in total. The van der Waals surface area contributed by atoms with E-state index in [2.05, 4.69) is 15.9 Å². The maximum Gasteiger partial charge on any atom is 0.293 e. The molecule has 0 spiro atoms. The summed E-state index contributed by atoms with van der Waals surface area (Å²) in [7, 11) is 0. The van der Waals surface area contributed by atoms with Gasteiger partial charge in [-0.1, -0.05) is 36.4 Å². The van der Waals surface area contributed by atoms with Gasteiger partial charge in [0.05, 0.1) is 15.9 Å². The van der Waals surface area contributed by atoms with E-state index >= 15 is 0 Å². The van der Waals surface area contributed by atoms with Crippen molar-refractivity contribution in [2.24, 2.45) is 0 Å². The van der Waals surface area contributed by atoms with Crippen LogP contribution in [0.5, 0.6) is 0 Å². The fourth-order valence-corrected chi connectivity index (χ4v) is 3.39. The van der Waals surface area contributed by atoms with Gasteiger partial charge in [-0.25, -0.2) is 4.39 Å². The predicted molar refractivity (Wildman–Crippen MR) is 92.1 cm³/mol. The maximum atomic E-state index is 13.3. The zero-order chi connectivity index (χ0) is 16.4. The summed E-state index contributed by atoms with van der Waals surface area (Å²) in [5.74, 6) is -0.705. The smallest absolute Gasteiger partial charge is 0.268 e. The zero-order valence-corrected chi connectivity index (χ0v) is 14.2. The minimum absolute atomic E-state index is 0.246. The summed E-state index contributed by atoms with van der Waals surface area (Å²) in [5.41, 5.74) is 1.55. The summed E-state index contributed by atoms with van der Waals surface area (Å²) >= 11 is 4.00. The lowest BCUT2D eigenvalue weighted by atomic mass is 10.2. The van der Waals surface area contributed by atoms with Gasteiger partial charge in [-0.2, -0.15) is 0 Å². The highest BCUT2D eigenvalue weighted by atomic mass is 79.9. The van der Waals surface area contributed by atoms with E-state index in [1.807, 2.05) is 30.3 Å². The Kier molecular flexibility index (Phi) is 4.63. The predicted octanol–water partition coefficient (Wildman–Crippen LogP) is 4.82. The molecule has 0 aliphatic carbocycles. The number of hydrogen-bond acceptors (Lipinski definition) is 3. The zero-order valence-electron chi connectivity index (χ0n) is 11.8. The second kappa shape index (κ2) is 6.68. The minimum Gasteiger partial charge on any atom is -0.268 e.